The second-order valence-electron chi connectivity index (χ2n) is 9.03. The Morgan fingerprint density at radius 2 is 1.92 bits per heavy atom. The number of carbonyl (C=O) groups is 2. The molecule has 4 rings (SSSR count). The van der Waals surface area contributed by atoms with Gasteiger partial charge in [0.25, 0.3) is 11.6 Å². The van der Waals surface area contributed by atoms with E-state index in [4.69, 9.17) is 4.74 Å². The third-order valence-electron chi connectivity index (χ3n) is 6.28. The summed E-state index contributed by atoms with van der Waals surface area (Å²) < 4.78 is 19.2. The second kappa shape index (κ2) is 12.1. The summed E-state index contributed by atoms with van der Waals surface area (Å²) in [4.78, 5) is 42.1. The number of halogens is 1. The van der Waals surface area contributed by atoms with Crippen LogP contribution in [0.1, 0.15) is 39.2 Å². The minimum absolute atomic E-state index is 0.145. The first-order chi connectivity index (χ1) is 17.8. The van der Waals surface area contributed by atoms with Crippen molar-refractivity contribution in [2.45, 2.75) is 39.0 Å². The summed E-state index contributed by atoms with van der Waals surface area (Å²) in [5.41, 5.74) is 1.21. The summed E-state index contributed by atoms with van der Waals surface area (Å²) in [6, 6.07) is 14.1. The van der Waals surface area contributed by atoms with Crippen molar-refractivity contribution in [2.24, 2.45) is 0 Å². The lowest BCUT2D eigenvalue weighted by Crippen LogP contribution is -2.45. The van der Waals surface area contributed by atoms with Crippen LogP contribution in [-0.2, 0) is 22.6 Å². The van der Waals surface area contributed by atoms with Crippen molar-refractivity contribution in [3.05, 3.63) is 97.5 Å². The Labute approximate surface area is 218 Å². The largest absolute Gasteiger partial charge is 0.376 e. The molecule has 1 aliphatic heterocycles. The molecule has 1 atom stereocenters. The van der Waals surface area contributed by atoms with Gasteiger partial charge in [0.05, 0.1) is 17.6 Å². The standard InChI is InChI=1S/C27H28FN3O5S/c1-19-6-9-21(14-25(19)31(34)35)27(33)30(16-23-4-2-12-36-23)18-26(32)29(17-24-5-3-13-37-24)15-20-7-10-22(28)11-8-20/h3,5-11,13-14,23H,2,4,12,15-18H2,1H3. The second-order valence-corrected chi connectivity index (χ2v) is 10.1. The highest BCUT2D eigenvalue weighted by atomic mass is 32.1. The molecule has 1 fully saturated rings. The molecule has 1 saturated heterocycles. The van der Waals surface area contributed by atoms with E-state index in [1.165, 1.54) is 40.5 Å². The smallest absolute Gasteiger partial charge is 0.273 e. The molecule has 8 nitrogen and oxygen atoms in total. The van der Waals surface area contributed by atoms with Crippen LogP contribution in [-0.4, -0.2) is 52.3 Å². The van der Waals surface area contributed by atoms with Crippen molar-refractivity contribution in [1.29, 1.82) is 0 Å². The van der Waals surface area contributed by atoms with E-state index in [1.807, 2.05) is 17.5 Å². The Morgan fingerprint density at radius 1 is 1.14 bits per heavy atom. The SMILES string of the molecule is Cc1ccc(C(=O)N(CC(=O)N(Cc2ccc(F)cc2)Cc2cccs2)CC2CCCO2)cc1[N+](=O)[O-]. The van der Waals surface area contributed by atoms with Crippen LogP contribution in [0.5, 0.6) is 0 Å². The van der Waals surface area contributed by atoms with E-state index in [0.717, 1.165) is 23.3 Å². The van der Waals surface area contributed by atoms with Crippen LogP contribution < -0.4 is 0 Å². The highest BCUT2D eigenvalue weighted by Gasteiger charge is 2.28. The summed E-state index contributed by atoms with van der Waals surface area (Å²) in [5.74, 6) is -1.11. The molecule has 2 heterocycles. The number of benzene rings is 2. The molecule has 3 aromatic rings. The quantitative estimate of drug-likeness (QED) is 0.276. The minimum atomic E-state index is -0.521. The normalized spacial score (nSPS) is 14.9. The van der Waals surface area contributed by atoms with Crippen molar-refractivity contribution >= 4 is 28.8 Å². The summed E-state index contributed by atoms with van der Waals surface area (Å²) in [7, 11) is 0. The van der Waals surface area contributed by atoms with Crippen molar-refractivity contribution in [1.82, 2.24) is 9.80 Å². The van der Waals surface area contributed by atoms with Gasteiger partial charge in [0.15, 0.2) is 0 Å². The van der Waals surface area contributed by atoms with Crippen LogP contribution in [0.15, 0.2) is 60.0 Å². The van der Waals surface area contributed by atoms with Crippen molar-refractivity contribution in [2.75, 3.05) is 19.7 Å². The number of thiophene rings is 1. The molecule has 1 aromatic heterocycles. The Bertz CT molecular complexity index is 1240. The molecular weight excluding hydrogens is 497 g/mol. The van der Waals surface area contributed by atoms with Crippen LogP contribution in [0.4, 0.5) is 10.1 Å². The van der Waals surface area contributed by atoms with Gasteiger partial charge in [0, 0.05) is 41.8 Å². The molecule has 0 spiro atoms. The number of nitro benzene ring substituents is 1. The molecule has 0 bridgehead atoms. The third-order valence-corrected chi connectivity index (χ3v) is 7.14. The molecule has 0 radical (unpaired) electrons. The zero-order chi connectivity index (χ0) is 26.4. The van der Waals surface area contributed by atoms with Crippen LogP contribution in [0.2, 0.25) is 0 Å². The molecule has 194 valence electrons. The van der Waals surface area contributed by atoms with Gasteiger partial charge in [-0.3, -0.25) is 19.7 Å². The lowest BCUT2D eigenvalue weighted by molar-refractivity contribution is -0.385. The first kappa shape index (κ1) is 26.4. The van der Waals surface area contributed by atoms with Gasteiger partial charge in [-0.25, -0.2) is 4.39 Å². The van der Waals surface area contributed by atoms with E-state index in [-0.39, 0.29) is 48.7 Å². The number of hydrogen-bond acceptors (Lipinski definition) is 6. The molecule has 2 amide bonds. The molecule has 0 aliphatic carbocycles. The Kier molecular flexibility index (Phi) is 8.62. The fraction of sp³-hybridized carbons (Fsp3) is 0.333. The van der Waals surface area contributed by atoms with E-state index < -0.39 is 10.8 Å². The minimum Gasteiger partial charge on any atom is -0.376 e. The fourth-order valence-electron chi connectivity index (χ4n) is 4.27. The van der Waals surface area contributed by atoms with Gasteiger partial charge < -0.3 is 14.5 Å². The van der Waals surface area contributed by atoms with Gasteiger partial charge in [-0.1, -0.05) is 24.3 Å². The number of nitrogens with zero attached hydrogens (tertiary/aromatic N) is 3. The van der Waals surface area contributed by atoms with Crippen LogP contribution in [0, 0.1) is 22.9 Å². The topological polar surface area (TPSA) is 93.0 Å². The first-order valence-electron chi connectivity index (χ1n) is 12.0. The summed E-state index contributed by atoms with van der Waals surface area (Å²) >= 11 is 1.52. The van der Waals surface area contributed by atoms with E-state index in [2.05, 4.69) is 0 Å². The fourth-order valence-corrected chi connectivity index (χ4v) is 4.99. The number of hydrogen-bond donors (Lipinski definition) is 0. The van der Waals surface area contributed by atoms with Crippen molar-refractivity contribution in [3.8, 4) is 0 Å². The van der Waals surface area contributed by atoms with Gasteiger partial charge in [-0.05, 0) is 55.0 Å². The van der Waals surface area contributed by atoms with Gasteiger partial charge >= 0.3 is 0 Å². The molecular formula is C27H28FN3O5S. The zero-order valence-electron chi connectivity index (χ0n) is 20.5. The van der Waals surface area contributed by atoms with Gasteiger partial charge in [-0.2, -0.15) is 0 Å². The van der Waals surface area contributed by atoms with Gasteiger partial charge in [0.2, 0.25) is 5.91 Å². The number of rotatable bonds is 10. The van der Waals surface area contributed by atoms with Crippen LogP contribution in [0.3, 0.4) is 0 Å². The number of ether oxygens (including phenoxy) is 1. The lowest BCUT2D eigenvalue weighted by atomic mass is 10.1. The van der Waals surface area contributed by atoms with Crippen LogP contribution >= 0.6 is 11.3 Å². The summed E-state index contributed by atoms with van der Waals surface area (Å²) in [6.07, 6.45) is 1.42. The Morgan fingerprint density at radius 3 is 2.57 bits per heavy atom. The van der Waals surface area contributed by atoms with E-state index >= 15 is 0 Å². The first-order valence-corrected chi connectivity index (χ1v) is 12.9. The maximum absolute atomic E-state index is 13.6. The predicted molar refractivity (Wildman–Crippen MR) is 138 cm³/mol. The number of amides is 2. The van der Waals surface area contributed by atoms with Gasteiger partial charge in [0.1, 0.15) is 12.4 Å². The van der Waals surface area contributed by atoms with E-state index in [1.54, 1.807) is 30.0 Å². The molecule has 37 heavy (non-hydrogen) atoms. The van der Waals surface area contributed by atoms with Crippen LogP contribution in [0.25, 0.3) is 0 Å². The molecule has 1 aliphatic rings. The molecule has 10 heteroatoms. The highest BCUT2D eigenvalue weighted by Crippen LogP contribution is 2.22. The number of carbonyl (C=O) groups excluding carboxylic acids is 2. The van der Waals surface area contributed by atoms with Gasteiger partial charge in [-0.15, -0.1) is 11.3 Å². The lowest BCUT2D eigenvalue weighted by Gasteiger charge is -2.29. The Balaban J connectivity index is 1.58. The highest BCUT2D eigenvalue weighted by molar-refractivity contribution is 7.09. The van der Waals surface area contributed by atoms with Crippen molar-refractivity contribution < 1.29 is 23.6 Å². The predicted octanol–water partition coefficient (Wildman–Crippen LogP) is 4.95. The monoisotopic (exact) mass is 525 g/mol. The Hall–Kier alpha value is -3.63. The maximum atomic E-state index is 13.6. The van der Waals surface area contributed by atoms with E-state index in [0.29, 0.717) is 18.7 Å². The van der Waals surface area contributed by atoms with E-state index in [9.17, 15) is 24.1 Å². The number of aryl methyl sites for hydroxylation is 1. The summed E-state index contributed by atoms with van der Waals surface area (Å²) in [6.45, 7) is 2.77. The molecule has 1 unspecified atom stereocenters. The summed E-state index contributed by atoms with van der Waals surface area (Å²) in [5, 5.41) is 13.4. The zero-order valence-corrected chi connectivity index (χ0v) is 21.3. The average molecular weight is 526 g/mol. The molecule has 0 saturated carbocycles. The number of nitro groups is 1. The maximum Gasteiger partial charge on any atom is 0.273 e. The average Bonchev–Trinajstić information content (AvgIpc) is 3.59. The molecule has 0 N–H and O–H groups in total. The third kappa shape index (κ3) is 6.99. The van der Waals surface area contributed by atoms with Crippen molar-refractivity contribution in [3.63, 3.8) is 0 Å². The molecule has 2 aromatic carbocycles.